The van der Waals surface area contributed by atoms with E-state index in [1.807, 2.05) is 18.2 Å². The van der Waals surface area contributed by atoms with Crippen LogP contribution in [0.2, 0.25) is 0 Å². The Morgan fingerprint density at radius 3 is 2.89 bits per heavy atom. The van der Waals surface area contributed by atoms with Gasteiger partial charge in [0.25, 0.3) is 0 Å². The average molecular weight is 309 g/mol. The summed E-state index contributed by atoms with van der Waals surface area (Å²) in [7, 11) is 0. The predicted molar refractivity (Wildman–Crippen MR) is 74.0 cm³/mol. The number of aldehydes is 1. The molecule has 96 valence electrons. The molecule has 18 heavy (non-hydrogen) atoms. The number of benzene rings is 1. The van der Waals surface area contributed by atoms with Crippen molar-refractivity contribution in [2.24, 2.45) is 17.8 Å². The van der Waals surface area contributed by atoms with Gasteiger partial charge in [0.15, 0.2) is 6.29 Å². The zero-order valence-corrected chi connectivity index (χ0v) is 11.9. The van der Waals surface area contributed by atoms with E-state index in [9.17, 15) is 4.79 Å². The highest BCUT2D eigenvalue weighted by atomic mass is 79.9. The van der Waals surface area contributed by atoms with Crippen LogP contribution in [0.1, 0.15) is 36.0 Å². The maximum atomic E-state index is 11.0. The molecule has 0 saturated heterocycles. The molecule has 0 heterocycles. The Bertz CT molecular complexity index is 458. The van der Waals surface area contributed by atoms with Gasteiger partial charge in [0, 0.05) is 4.47 Å². The standard InChI is InChI=1S/C15H17BrO2/c16-14-3-4-15(12(7-14)8-17)18-9-13-6-10-1-2-11(13)5-10/h3-4,7-8,10-11,13H,1-2,5-6,9H2. The number of carbonyl (C=O) groups excluding carboxylic acids is 1. The predicted octanol–water partition coefficient (Wildman–Crippen LogP) is 4.08. The van der Waals surface area contributed by atoms with E-state index in [0.29, 0.717) is 11.5 Å². The number of hydrogen-bond donors (Lipinski definition) is 0. The van der Waals surface area contributed by atoms with Crippen LogP contribution in [-0.4, -0.2) is 12.9 Å². The minimum absolute atomic E-state index is 0.632. The molecule has 0 amide bonds. The molecule has 0 aliphatic heterocycles. The number of carbonyl (C=O) groups is 1. The van der Waals surface area contributed by atoms with Gasteiger partial charge in [0.05, 0.1) is 12.2 Å². The summed E-state index contributed by atoms with van der Waals surface area (Å²) in [5, 5.41) is 0. The van der Waals surface area contributed by atoms with Crippen LogP contribution >= 0.6 is 15.9 Å². The van der Waals surface area contributed by atoms with E-state index in [1.165, 1.54) is 25.7 Å². The van der Waals surface area contributed by atoms with Crippen LogP contribution < -0.4 is 4.74 Å². The fourth-order valence-corrected chi connectivity index (χ4v) is 3.90. The molecule has 1 aromatic carbocycles. The van der Waals surface area contributed by atoms with Crippen LogP contribution in [0, 0.1) is 17.8 Å². The van der Waals surface area contributed by atoms with Crippen LogP contribution in [0.3, 0.4) is 0 Å². The van der Waals surface area contributed by atoms with Crippen LogP contribution in [0.5, 0.6) is 5.75 Å². The molecule has 1 aromatic rings. The van der Waals surface area contributed by atoms with Crippen LogP contribution in [0.15, 0.2) is 22.7 Å². The van der Waals surface area contributed by atoms with Gasteiger partial charge in [0.1, 0.15) is 5.75 Å². The molecule has 2 nitrogen and oxygen atoms in total. The Morgan fingerprint density at radius 2 is 2.22 bits per heavy atom. The molecular weight excluding hydrogens is 292 g/mol. The van der Waals surface area contributed by atoms with E-state index in [0.717, 1.165) is 35.0 Å². The monoisotopic (exact) mass is 308 g/mol. The highest BCUT2D eigenvalue weighted by Gasteiger charge is 2.39. The summed E-state index contributed by atoms with van der Waals surface area (Å²) in [6.45, 7) is 0.767. The summed E-state index contributed by atoms with van der Waals surface area (Å²) in [5.41, 5.74) is 0.632. The van der Waals surface area contributed by atoms with Gasteiger partial charge in [-0.3, -0.25) is 4.79 Å². The molecule has 0 N–H and O–H groups in total. The van der Waals surface area contributed by atoms with Crippen molar-refractivity contribution < 1.29 is 9.53 Å². The number of hydrogen-bond acceptors (Lipinski definition) is 2. The Hall–Kier alpha value is -0.830. The van der Waals surface area contributed by atoms with Crippen LogP contribution in [0.4, 0.5) is 0 Å². The number of fused-ring (bicyclic) bond motifs is 2. The number of rotatable bonds is 4. The molecule has 3 atom stereocenters. The first-order valence-electron chi connectivity index (χ1n) is 6.64. The van der Waals surface area contributed by atoms with Crippen molar-refractivity contribution in [3.63, 3.8) is 0 Å². The quantitative estimate of drug-likeness (QED) is 0.784. The van der Waals surface area contributed by atoms with Gasteiger partial charge in [-0.25, -0.2) is 0 Å². The molecule has 3 heteroatoms. The first-order chi connectivity index (χ1) is 8.76. The lowest BCUT2D eigenvalue weighted by molar-refractivity contribution is 0.111. The Morgan fingerprint density at radius 1 is 1.33 bits per heavy atom. The molecule has 2 saturated carbocycles. The number of halogens is 1. The fraction of sp³-hybridized carbons (Fsp3) is 0.533. The Labute approximate surface area is 116 Å². The third kappa shape index (κ3) is 2.33. The maximum Gasteiger partial charge on any atom is 0.153 e. The van der Waals surface area contributed by atoms with Gasteiger partial charge in [0.2, 0.25) is 0 Å². The molecule has 2 fully saturated rings. The molecule has 0 spiro atoms. The summed E-state index contributed by atoms with van der Waals surface area (Å²) in [6, 6.07) is 5.60. The minimum atomic E-state index is 0.632. The molecule has 2 aliphatic carbocycles. The Kier molecular flexibility index (Phi) is 3.42. The molecule has 2 bridgehead atoms. The van der Waals surface area contributed by atoms with E-state index < -0.39 is 0 Å². The van der Waals surface area contributed by atoms with E-state index in [4.69, 9.17) is 4.74 Å². The second-order valence-corrected chi connectivity index (χ2v) is 6.46. The highest BCUT2D eigenvalue weighted by molar-refractivity contribution is 9.10. The first kappa shape index (κ1) is 12.2. The second kappa shape index (κ2) is 5.04. The van der Waals surface area contributed by atoms with Gasteiger partial charge < -0.3 is 4.74 Å². The SMILES string of the molecule is O=Cc1cc(Br)ccc1OCC1CC2CCC1C2. The second-order valence-electron chi connectivity index (χ2n) is 5.55. The maximum absolute atomic E-state index is 11.0. The topological polar surface area (TPSA) is 26.3 Å². The third-order valence-corrected chi connectivity index (χ3v) is 4.93. The molecule has 3 unspecified atom stereocenters. The molecular formula is C15H17BrO2. The van der Waals surface area contributed by atoms with Crippen molar-refractivity contribution in [1.29, 1.82) is 0 Å². The van der Waals surface area contributed by atoms with E-state index in [2.05, 4.69) is 15.9 Å². The fourth-order valence-electron chi connectivity index (χ4n) is 3.52. The lowest BCUT2D eigenvalue weighted by atomic mass is 9.89. The minimum Gasteiger partial charge on any atom is -0.493 e. The van der Waals surface area contributed by atoms with Crippen molar-refractivity contribution >= 4 is 22.2 Å². The first-order valence-corrected chi connectivity index (χ1v) is 7.43. The molecule has 2 aliphatic rings. The van der Waals surface area contributed by atoms with E-state index in [1.54, 1.807) is 0 Å². The summed E-state index contributed by atoms with van der Waals surface area (Å²) in [4.78, 5) is 11.0. The zero-order valence-electron chi connectivity index (χ0n) is 10.3. The van der Waals surface area contributed by atoms with Crippen LogP contribution in [-0.2, 0) is 0 Å². The van der Waals surface area contributed by atoms with E-state index in [-0.39, 0.29) is 0 Å². The Balaban J connectivity index is 1.65. The van der Waals surface area contributed by atoms with E-state index >= 15 is 0 Å². The van der Waals surface area contributed by atoms with Gasteiger partial charge in [-0.2, -0.15) is 0 Å². The van der Waals surface area contributed by atoms with Crippen molar-refractivity contribution in [2.75, 3.05) is 6.61 Å². The molecule has 3 rings (SSSR count). The lowest BCUT2D eigenvalue weighted by Gasteiger charge is -2.22. The van der Waals surface area contributed by atoms with Crippen LogP contribution in [0.25, 0.3) is 0 Å². The van der Waals surface area contributed by atoms with Gasteiger partial charge in [-0.05, 0) is 55.2 Å². The summed E-state index contributed by atoms with van der Waals surface area (Å²) >= 11 is 3.37. The largest absolute Gasteiger partial charge is 0.493 e. The van der Waals surface area contributed by atoms with Gasteiger partial charge >= 0.3 is 0 Å². The zero-order chi connectivity index (χ0) is 12.5. The smallest absolute Gasteiger partial charge is 0.153 e. The summed E-state index contributed by atoms with van der Waals surface area (Å²) < 4.78 is 6.78. The van der Waals surface area contributed by atoms with Gasteiger partial charge in [-0.15, -0.1) is 0 Å². The summed E-state index contributed by atoms with van der Waals surface area (Å²) in [6.07, 6.45) is 6.37. The van der Waals surface area contributed by atoms with Crippen molar-refractivity contribution in [3.8, 4) is 5.75 Å². The normalized spacial score (nSPS) is 29.5. The van der Waals surface area contributed by atoms with Crippen molar-refractivity contribution in [2.45, 2.75) is 25.7 Å². The lowest BCUT2D eigenvalue weighted by Crippen LogP contribution is -2.18. The van der Waals surface area contributed by atoms with Crippen molar-refractivity contribution in [1.82, 2.24) is 0 Å². The summed E-state index contributed by atoms with van der Waals surface area (Å²) in [5.74, 6) is 3.23. The third-order valence-electron chi connectivity index (χ3n) is 4.44. The molecule has 0 radical (unpaired) electrons. The van der Waals surface area contributed by atoms with Crippen molar-refractivity contribution in [3.05, 3.63) is 28.2 Å². The average Bonchev–Trinajstić information content (AvgIpc) is 2.99. The highest BCUT2D eigenvalue weighted by Crippen LogP contribution is 2.48. The molecule has 0 aromatic heterocycles. The van der Waals surface area contributed by atoms with Gasteiger partial charge in [-0.1, -0.05) is 22.4 Å². The number of ether oxygens (including phenoxy) is 1.